The highest BCUT2D eigenvalue weighted by Gasteiger charge is 2.38. The molecule has 0 saturated carbocycles. The minimum Gasteiger partial charge on any atom is -0.481 e. The van der Waals surface area contributed by atoms with E-state index >= 15 is 0 Å². The zero-order valence-corrected chi connectivity index (χ0v) is 49.3. The maximum atomic E-state index is 14.5. The Morgan fingerprint density at radius 2 is 0.839 bits per heavy atom. The van der Waals surface area contributed by atoms with Crippen LogP contribution >= 0.6 is 0 Å². The van der Waals surface area contributed by atoms with Crippen molar-refractivity contribution in [2.24, 2.45) is 40.5 Å². The van der Waals surface area contributed by atoms with E-state index in [0.717, 1.165) is 6.92 Å². The third-order valence-electron chi connectivity index (χ3n) is 13.5. The summed E-state index contributed by atoms with van der Waals surface area (Å²) in [5.41, 5.74) is 27.8. The lowest BCUT2D eigenvalue weighted by atomic mass is 9.95. The van der Waals surface area contributed by atoms with E-state index in [2.05, 4.69) is 47.9 Å². The highest BCUT2D eigenvalue weighted by atomic mass is 16.4. The predicted octanol–water partition coefficient (Wildman–Crippen LogP) is -5.65. The van der Waals surface area contributed by atoms with Crippen LogP contribution in [0.1, 0.15) is 124 Å². The molecule has 87 heavy (non-hydrogen) atoms. The number of unbranched alkanes of at least 4 members (excludes halogenated alkanes) is 1. The molecule has 12 amide bonds. The van der Waals surface area contributed by atoms with Gasteiger partial charge in [-0.15, -0.1) is 0 Å². The minimum atomic E-state index is -1.81. The Morgan fingerprint density at radius 1 is 0.448 bits per heavy atom. The summed E-state index contributed by atoms with van der Waals surface area (Å²) in [6.45, 7) is 7.57. The number of carbonyl (C=O) groups excluding carboxylic acids is 12. The van der Waals surface area contributed by atoms with E-state index in [0.29, 0.717) is 12.0 Å². The summed E-state index contributed by atoms with van der Waals surface area (Å²) in [5, 5.41) is 60.2. The van der Waals surface area contributed by atoms with Crippen molar-refractivity contribution in [3.05, 3.63) is 35.9 Å². The van der Waals surface area contributed by atoms with E-state index < -0.39 is 219 Å². The van der Waals surface area contributed by atoms with Crippen molar-refractivity contribution in [1.82, 2.24) is 47.9 Å². The number of carboxylic acid groups (broad SMARTS) is 3. The van der Waals surface area contributed by atoms with Crippen molar-refractivity contribution >= 4 is 88.8 Å². The quantitative estimate of drug-likeness (QED) is 0.0271. The number of benzene rings is 1. The number of carboxylic acids is 3. The molecule has 1 aromatic carbocycles. The van der Waals surface area contributed by atoms with Crippen molar-refractivity contribution in [1.29, 1.82) is 0 Å². The highest BCUT2D eigenvalue weighted by Crippen LogP contribution is 2.14. The van der Waals surface area contributed by atoms with Crippen LogP contribution in [0.25, 0.3) is 0 Å². The van der Waals surface area contributed by atoms with Crippen LogP contribution in [0, 0.1) is 11.8 Å². The molecular formula is C54H86N14O19. The average Bonchev–Trinajstić information content (AvgIpc) is 2.70. The van der Waals surface area contributed by atoms with Crippen molar-refractivity contribution < 1.29 is 92.3 Å². The molecule has 1 aromatic rings. The molecule has 0 spiro atoms. The molecule has 486 valence electrons. The Balaban J connectivity index is 3.72. The maximum Gasteiger partial charge on any atom is 0.326 e. The maximum absolute atomic E-state index is 14.5. The first-order chi connectivity index (χ1) is 40.7. The van der Waals surface area contributed by atoms with Crippen LogP contribution in [0.5, 0.6) is 0 Å². The van der Waals surface area contributed by atoms with Gasteiger partial charge >= 0.3 is 17.9 Å². The Labute approximate surface area is 501 Å². The average molecular weight is 1240 g/mol. The number of hydrogen-bond donors (Lipinski definition) is 18. The molecule has 33 nitrogen and oxygen atoms in total. The summed E-state index contributed by atoms with van der Waals surface area (Å²) in [4.78, 5) is 196. The van der Waals surface area contributed by atoms with E-state index in [1.807, 2.05) is 0 Å². The lowest BCUT2D eigenvalue weighted by Crippen LogP contribution is -2.62. The molecule has 0 aliphatic rings. The molecular weight excluding hydrogens is 1150 g/mol. The Morgan fingerprint density at radius 3 is 1.26 bits per heavy atom. The van der Waals surface area contributed by atoms with Gasteiger partial charge in [-0.2, -0.15) is 0 Å². The summed E-state index contributed by atoms with van der Waals surface area (Å²) < 4.78 is 0. The fourth-order valence-electron chi connectivity index (χ4n) is 8.29. The monoisotopic (exact) mass is 1230 g/mol. The summed E-state index contributed by atoms with van der Waals surface area (Å²) in [7, 11) is 0. The number of carbonyl (C=O) groups is 15. The van der Waals surface area contributed by atoms with Gasteiger partial charge < -0.3 is 96.9 Å². The number of nitrogens with two attached hydrogens (primary N) is 5. The summed E-state index contributed by atoms with van der Waals surface area (Å²) in [5.74, 6) is -18.4. The lowest BCUT2D eigenvalue weighted by molar-refractivity contribution is -0.144. The smallest absolute Gasteiger partial charge is 0.326 e. The Hall–Kier alpha value is -8.85. The number of primary amides is 3. The largest absolute Gasteiger partial charge is 0.481 e. The number of hydrogen-bond acceptors (Lipinski definition) is 18. The molecule has 23 N–H and O–H groups in total. The van der Waals surface area contributed by atoms with Crippen LogP contribution in [0.4, 0.5) is 0 Å². The summed E-state index contributed by atoms with van der Waals surface area (Å²) in [6, 6.07) is -8.38. The zero-order valence-electron chi connectivity index (χ0n) is 49.3. The summed E-state index contributed by atoms with van der Waals surface area (Å²) >= 11 is 0. The van der Waals surface area contributed by atoms with Gasteiger partial charge in [0.2, 0.25) is 70.9 Å². The number of aliphatic hydroxyl groups excluding tert-OH is 1. The molecule has 0 fully saturated rings. The van der Waals surface area contributed by atoms with E-state index in [-0.39, 0.29) is 38.6 Å². The second kappa shape index (κ2) is 39.0. The number of amides is 12. The van der Waals surface area contributed by atoms with Gasteiger partial charge in [0, 0.05) is 32.1 Å². The van der Waals surface area contributed by atoms with Crippen molar-refractivity contribution in [3.8, 4) is 0 Å². The molecule has 12 atom stereocenters. The van der Waals surface area contributed by atoms with Gasteiger partial charge in [0.05, 0.1) is 18.6 Å². The van der Waals surface area contributed by atoms with Gasteiger partial charge in [0.25, 0.3) is 0 Å². The van der Waals surface area contributed by atoms with Crippen LogP contribution in [-0.4, -0.2) is 182 Å². The number of nitrogens with one attached hydrogen (secondary N) is 9. The van der Waals surface area contributed by atoms with Crippen molar-refractivity contribution in [3.63, 3.8) is 0 Å². The van der Waals surface area contributed by atoms with E-state index in [1.54, 1.807) is 44.2 Å². The third kappa shape index (κ3) is 29.2. The van der Waals surface area contributed by atoms with Gasteiger partial charge in [0.1, 0.15) is 54.4 Å². The number of aliphatic hydroxyl groups is 1. The standard InChI is InChI=1S/C54H86N14O19/c1-6-27(4)43(67-51(83)42(26(2)3)66-53(85)44(28(5)69)68-45(77)30(56)15-21-40(73)74)52(84)63-34(18-22-41(75)76)49(81)64-35(24-29-12-8-7-9-13-29)50(82)62-33(17-20-38(58)71)48(80)61-32(16-19-37(57)70)47(79)60-31(14-10-11-23-55)46(78)65-36(54(86)87)25-39(59)72/h7-9,12-13,26-28,30-36,42-44,69H,6,10-11,14-25,55-56H2,1-5H3,(H2,57,70)(H2,58,71)(H2,59,72)(H,60,79)(H,61,80)(H,62,82)(H,63,84)(H,64,81)(H,65,78)(H,66,85)(H,67,83)(H,68,77)(H,73,74)(H,75,76)(H,86,87)/t27-,28+,30-,31-,32-,33-,34-,35-,36-,42-,43-,44-/m0/s1. The predicted molar refractivity (Wildman–Crippen MR) is 306 cm³/mol. The molecule has 0 aromatic heterocycles. The van der Waals surface area contributed by atoms with Crippen molar-refractivity contribution in [2.45, 2.75) is 191 Å². The van der Waals surface area contributed by atoms with Gasteiger partial charge in [0.15, 0.2) is 0 Å². The highest BCUT2D eigenvalue weighted by molar-refractivity contribution is 5.99. The summed E-state index contributed by atoms with van der Waals surface area (Å²) in [6.07, 6.45) is -6.44. The molecule has 33 heteroatoms. The van der Waals surface area contributed by atoms with Crippen LogP contribution in [0.3, 0.4) is 0 Å². The normalized spacial score (nSPS) is 15.2. The van der Waals surface area contributed by atoms with Crippen LogP contribution in [0.15, 0.2) is 30.3 Å². The van der Waals surface area contributed by atoms with E-state index in [4.69, 9.17) is 33.8 Å². The molecule has 0 heterocycles. The van der Waals surface area contributed by atoms with E-state index in [1.165, 1.54) is 13.8 Å². The SMILES string of the molecule is CC[C@H](C)[C@H](NC(=O)[C@@H](NC(=O)[C@@H](NC(=O)[C@@H](N)CCC(=O)O)[C@@H](C)O)C(C)C)C(=O)N[C@@H](CCC(=O)O)C(=O)N[C@@H](Cc1ccccc1)C(=O)N[C@@H](CCC(N)=O)C(=O)N[C@@H](CCC(N)=O)C(=O)N[C@@H](CCCCN)C(=O)N[C@@H](CC(N)=O)C(=O)O. The first-order valence-electron chi connectivity index (χ1n) is 28.1. The van der Waals surface area contributed by atoms with Crippen molar-refractivity contribution in [2.75, 3.05) is 6.54 Å². The van der Waals surface area contributed by atoms with Gasteiger partial charge in [-0.25, -0.2) is 4.79 Å². The molecule has 0 bridgehead atoms. The van der Waals surface area contributed by atoms with Gasteiger partial charge in [-0.1, -0.05) is 64.4 Å². The first kappa shape index (κ1) is 76.2. The molecule has 0 saturated heterocycles. The third-order valence-corrected chi connectivity index (χ3v) is 13.5. The van der Waals surface area contributed by atoms with Gasteiger partial charge in [-0.05, 0) is 75.8 Å². The molecule has 0 radical (unpaired) electrons. The topological polar surface area (TPSA) is 575 Å². The molecule has 0 aliphatic heterocycles. The Bertz CT molecular complexity index is 2570. The van der Waals surface area contributed by atoms with Crippen LogP contribution < -0.4 is 76.5 Å². The minimum absolute atomic E-state index is 0.148. The fourth-order valence-corrected chi connectivity index (χ4v) is 8.29. The first-order valence-corrected chi connectivity index (χ1v) is 28.1. The lowest BCUT2D eigenvalue weighted by Gasteiger charge is -2.31. The Kier molecular flexibility index (Phi) is 34.1. The number of rotatable bonds is 43. The number of aliphatic carboxylic acids is 3. The van der Waals surface area contributed by atoms with Crippen LogP contribution in [0.2, 0.25) is 0 Å². The molecule has 1 rings (SSSR count). The fraction of sp³-hybridized carbons (Fsp3) is 0.611. The van der Waals surface area contributed by atoms with Gasteiger partial charge in [-0.3, -0.25) is 67.1 Å². The molecule has 0 aliphatic carbocycles. The second-order valence-corrected chi connectivity index (χ2v) is 21.2. The molecule has 0 unspecified atom stereocenters. The zero-order chi connectivity index (χ0) is 66.2. The second-order valence-electron chi connectivity index (χ2n) is 21.2. The van der Waals surface area contributed by atoms with Crippen LogP contribution in [-0.2, 0) is 78.3 Å². The van der Waals surface area contributed by atoms with E-state index in [9.17, 15) is 87.2 Å².